The Hall–Kier alpha value is -0.830. The Bertz CT molecular complexity index is 258. The molecule has 0 radical (unpaired) electrons. The quantitative estimate of drug-likeness (QED) is 0.479. The van der Waals surface area contributed by atoms with Gasteiger partial charge in [0.05, 0.1) is 6.54 Å². The van der Waals surface area contributed by atoms with E-state index in [4.69, 9.17) is 5.73 Å². The number of hydrogen-bond donors (Lipinski definition) is 1. The third-order valence-electron chi connectivity index (χ3n) is 3.37. The minimum Gasteiger partial charge on any atom is -0.357 e. The summed E-state index contributed by atoms with van der Waals surface area (Å²) in [5.41, 5.74) is 5.59. The standard InChI is InChI=1S/C15H29N3/c1-2-3-4-5-6-7-8-9-10-15-17-12-14-18(15)13-11-16/h8-9H,2-7,10-14,16H2,1H3/b9-8+. The van der Waals surface area contributed by atoms with Gasteiger partial charge in [0.25, 0.3) is 0 Å². The maximum Gasteiger partial charge on any atom is 0.103 e. The lowest BCUT2D eigenvalue weighted by molar-refractivity contribution is 0.462. The highest BCUT2D eigenvalue weighted by atomic mass is 15.2. The predicted octanol–water partition coefficient (Wildman–Crippen LogP) is 2.97. The van der Waals surface area contributed by atoms with Gasteiger partial charge in [-0.15, -0.1) is 0 Å². The average Bonchev–Trinajstić information content (AvgIpc) is 2.81. The molecule has 18 heavy (non-hydrogen) atoms. The van der Waals surface area contributed by atoms with Crippen molar-refractivity contribution in [2.45, 2.75) is 51.9 Å². The van der Waals surface area contributed by atoms with E-state index in [1.165, 1.54) is 44.4 Å². The molecular formula is C15H29N3. The van der Waals surface area contributed by atoms with E-state index in [1.807, 2.05) is 0 Å². The van der Waals surface area contributed by atoms with Crippen LogP contribution in [0.15, 0.2) is 17.1 Å². The van der Waals surface area contributed by atoms with Crippen LogP contribution in [0.4, 0.5) is 0 Å². The number of aliphatic imine (C=N–C) groups is 1. The Morgan fingerprint density at radius 2 is 2.06 bits per heavy atom. The fraction of sp³-hybridized carbons (Fsp3) is 0.800. The molecule has 0 aromatic carbocycles. The van der Waals surface area contributed by atoms with E-state index in [1.54, 1.807) is 0 Å². The Labute approximate surface area is 112 Å². The normalized spacial score (nSPS) is 15.7. The summed E-state index contributed by atoms with van der Waals surface area (Å²) in [6, 6.07) is 0. The van der Waals surface area contributed by atoms with Gasteiger partial charge in [0, 0.05) is 26.1 Å². The smallest absolute Gasteiger partial charge is 0.103 e. The number of unbranched alkanes of at least 4 members (excludes halogenated alkanes) is 5. The summed E-state index contributed by atoms with van der Waals surface area (Å²) < 4.78 is 0. The van der Waals surface area contributed by atoms with E-state index in [-0.39, 0.29) is 0 Å². The monoisotopic (exact) mass is 251 g/mol. The van der Waals surface area contributed by atoms with Crippen LogP contribution in [0.2, 0.25) is 0 Å². The van der Waals surface area contributed by atoms with E-state index >= 15 is 0 Å². The molecule has 0 spiro atoms. The van der Waals surface area contributed by atoms with Crippen LogP contribution in [0.3, 0.4) is 0 Å². The number of amidine groups is 1. The van der Waals surface area contributed by atoms with Gasteiger partial charge in [-0.2, -0.15) is 0 Å². The summed E-state index contributed by atoms with van der Waals surface area (Å²) in [7, 11) is 0. The van der Waals surface area contributed by atoms with Crippen molar-refractivity contribution in [3.05, 3.63) is 12.2 Å². The first-order valence-corrected chi connectivity index (χ1v) is 7.51. The molecule has 3 nitrogen and oxygen atoms in total. The number of rotatable bonds is 10. The molecule has 0 unspecified atom stereocenters. The molecule has 0 aromatic rings. The van der Waals surface area contributed by atoms with Gasteiger partial charge in [-0.1, -0.05) is 44.8 Å². The minimum atomic E-state index is 0.722. The zero-order chi connectivity index (χ0) is 13.1. The number of allylic oxidation sites excluding steroid dienone is 1. The molecule has 0 bridgehead atoms. The van der Waals surface area contributed by atoms with Crippen LogP contribution in [0.25, 0.3) is 0 Å². The second kappa shape index (κ2) is 10.1. The highest BCUT2D eigenvalue weighted by Gasteiger charge is 2.13. The summed E-state index contributed by atoms with van der Waals surface area (Å²) >= 11 is 0. The van der Waals surface area contributed by atoms with Gasteiger partial charge in [0.2, 0.25) is 0 Å². The lowest BCUT2D eigenvalue weighted by Crippen LogP contribution is -2.32. The van der Waals surface area contributed by atoms with Crippen LogP contribution >= 0.6 is 0 Å². The van der Waals surface area contributed by atoms with Gasteiger partial charge in [0.15, 0.2) is 0 Å². The Morgan fingerprint density at radius 1 is 1.22 bits per heavy atom. The van der Waals surface area contributed by atoms with Gasteiger partial charge in [-0.25, -0.2) is 0 Å². The van der Waals surface area contributed by atoms with Crippen molar-refractivity contribution in [3.8, 4) is 0 Å². The fourth-order valence-corrected chi connectivity index (χ4v) is 2.29. The molecule has 104 valence electrons. The third-order valence-corrected chi connectivity index (χ3v) is 3.37. The van der Waals surface area contributed by atoms with Crippen molar-refractivity contribution in [1.82, 2.24) is 4.90 Å². The molecule has 2 N–H and O–H groups in total. The maximum absolute atomic E-state index is 5.59. The molecule has 1 aliphatic heterocycles. The lowest BCUT2D eigenvalue weighted by atomic mass is 10.1. The van der Waals surface area contributed by atoms with Crippen molar-refractivity contribution in [2.24, 2.45) is 10.7 Å². The summed E-state index contributed by atoms with van der Waals surface area (Å²) in [6.07, 6.45) is 13.6. The summed E-state index contributed by atoms with van der Waals surface area (Å²) in [5, 5.41) is 0. The number of hydrogen-bond acceptors (Lipinski definition) is 3. The van der Waals surface area contributed by atoms with Gasteiger partial charge in [-0.3, -0.25) is 4.99 Å². The molecule has 0 fully saturated rings. The van der Waals surface area contributed by atoms with Crippen LogP contribution in [-0.2, 0) is 0 Å². The second-order valence-corrected chi connectivity index (χ2v) is 4.95. The second-order valence-electron chi connectivity index (χ2n) is 4.95. The first-order valence-electron chi connectivity index (χ1n) is 7.51. The molecule has 3 heteroatoms. The minimum absolute atomic E-state index is 0.722. The van der Waals surface area contributed by atoms with Crippen LogP contribution in [-0.4, -0.2) is 36.9 Å². The van der Waals surface area contributed by atoms with E-state index in [0.717, 1.165) is 32.6 Å². The van der Waals surface area contributed by atoms with Crippen LogP contribution in [0, 0.1) is 0 Å². The molecule has 0 atom stereocenters. The van der Waals surface area contributed by atoms with E-state index < -0.39 is 0 Å². The van der Waals surface area contributed by atoms with Crippen molar-refractivity contribution in [3.63, 3.8) is 0 Å². The Kier molecular flexibility index (Phi) is 8.57. The Morgan fingerprint density at radius 3 is 2.83 bits per heavy atom. The zero-order valence-electron chi connectivity index (χ0n) is 11.9. The summed E-state index contributed by atoms with van der Waals surface area (Å²) in [4.78, 5) is 6.84. The molecule has 1 heterocycles. The van der Waals surface area contributed by atoms with Crippen molar-refractivity contribution in [2.75, 3.05) is 26.2 Å². The topological polar surface area (TPSA) is 41.6 Å². The summed E-state index contributed by atoms with van der Waals surface area (Å²) in [5.74, 6) is 1.22. The summed E-state index contributed by atoms with van der Waals surface area (Å²) in [6.45, 7) is 5.93. The molecule has 0 saturated heterocycles. The largest absolute Gasteiger partial charge is 0.357 e. The molecular weight excluding hydrogens is 222 g/mol. The number of nitrogens with zero attached hydrogens (tertiary/aromatic N) is 2. The molecule has 0 amide bonds. The van der Waals surface area contributed by atoms with Gasteiger partial charge in [-0.05, 0) is 12.8 Å². The van der Waals surface area contributed by atoms with E-state index in [2.05, 4.69) is 29.0 Å². The van der Waals surface area contributed by atoms with Gasteiger partial charge in [0.1, 0.15) is 5.84 Å². The SMILES string of the molecule is CCCCCCC/C=C/CC1=NCCN1CCN. The van der Waals surface area contributed by atoms with E-state index in [9.17, 15) is 0 Å². The molecule has 1 rings (SSSR count). The highest BCUT2D eigenvalue weighted by molar-refractivity contribution is 5.85. The van der Waals surface area contributed by atoms with Crippen molar-refractivity contribution >= 4 is 5.84 Å². The maximum atomic E-state index is 5.59. The molecule has 0 saturated carbocycles. The molecule has 0 aromatic heterocycles. The first kappa shape index (κ1) is 15.2. The van der Waals surface area contributed by atoms with Crippen LogP contribution < -0.4 is 5.73 Å². The number of nitrogens with two attached hydrogens (primary N) is 1. The highest BCUT2D eigenvalue weighted by Crippen LogP contribution is 2.08. The fourth-order valence-electron chi connectivity index (χ4n) is 2.29. The predicted molar refractivity (Wildman–Crippen MR) is 80.1 cm³/mol. The first-order chi connectivity index (χ1) is 8.88. The van der Waals surface area contributed by atoms with Gasteiger partial charge >= 0.3 is 0 Å². The van der Waals surface area contributed by atoms with Gasteiger partial charge < -0.3 is 10.6 Å². The third kappa shape index (κ3) is 6.20. The van der Waals surface area contributed by atoms with Crippen LogP contribution in [0.5, 0.6) is 0 Å². The average molecular weight is 251 g/mol. The molecule has 1 aliphatic rings. The Balaban J connectivity index is 2.05. The van der Waals surface area contributed by atoms with Crippen molar-refractivity contribution < 1.29 is 0 Å². The van der Waals surface area contributed by atoms with Crippen molar-refractivity contribution in [1.29, 1.82) is 0 Å². The lowest BCUT2D eigenvalue weighted by Gasteiger charge is -2.18. The van der Waals surface area contributed by atoms with Crippen LogP contribution in [0.1, 0.15) is 51.9 Å². The molecule has 0 aliphatic carbocycles. The van der Waals surface area contributed by atoms with E-state index in [0.29, 0.717) is 0 Å². The zero-order valence-corrected chi connectivity index (χ0v) is 11.9.